The van der Waals surface area contributed by atoms with Gasteiger partial charge in [-0.3, -0.25) is 10.0 Å². The van der Waals surface area contributed by atoms with Crippen molar-refractivity contribution in [2.45, 2.75) is 18.4 Å². The van der Waals surface area contributed by atoms with Gasteiger partial charge in [-0.05, 0) is 28.7 Å². The van der Waals surface area contributed by atoms with Gasteiger partial charge in [-0.1, -0.05) is 54.6 Å². The van der Waals surface area contributed by atoms with Crippen LogP contribution in [-0.4, -0.2) is 29.9 Å². The van der Waals surface area contributed by atoms with Crippen molar-refractivity contribution in [3.63, 3.8) is 0 Å². The molecule has 0 saturated carbocycles. The Balaban J connectivity index is 1.70. The van der Waals surface area contributed by atoms with Gasteiger partial charge in [-0.15, -0.1) is 6.58 Å². The first-order valence-corrected chi connectivity index (χ1v) is 8.32. The number of hydrogen-bond acceptors (Lipinski definition) is 4. The molecule has 0 aromatic heterocycles. The molecule has 0 bridgehead atoms. The van der Waals surface area contributed by atoms with Crippen molar-refractivity contribution in [2.24, 2.45) is 0 Å². The molecule has 6 heteroatoms. The van der Waals surface area contributed by atoms with Gasteiger partial charge in [0.25, 0.3) is 5.91 Å². The van der Waals surface area contributed by atoms with E-state index in [-0.39, 0.29) is 18.9 Å². The number of ether oxygens (including phenoxy) is 1. The molecule has 1 atom stereocenters. The van der Waals surface area contributed by atoms with Gasteiger partial charge < -0.3 is 10.1 Å². The highest BCUT2D eigenvalue weighted by Gasteiger charge is 2.29. The SMILES string of the molecule is C=CCC(NC(=O)OCC1c2ccccc2-c2ccccc21)C(=O)NO. The molecule has 1 aliphatic carbocycles. The Morgan fingerprint density at radius 3 is 2.23 bits per heavy atom. The van der Waals surface area contributed by atoms with E-state index in [0.29, 0.717) is 0 Å². The van der Waals surface area contributed by atoms with Gasteiger partial charge in [-0.2, -0.15) is 0 Å². The van der Waals surface area contributed by atoms with Gasteiger partial charge in [0.2, 0.25) is 0 Å². The average molecular weight is 352 g/mol. The average Bonchev–Trinajstić information content (AvgIpc) is 2.99. The van der Waals surface area contributed by atoms with Crippen LogP contribution >= 0.6 is 0 Å². The molecule has 0 aliphatic heterocycles. The summed E-state index contributed by atoms with van der Waals surface area (Å²) in [5.74, 6) is -0.781. The molecule has 1 aliphatic rings. The third-order valence-electron chi connectivity index (χ3n) is 4.46. The minimum Gasteiger partial charge on any atom is -0.449 e. The van der Waals surface area contributed by atoms with Crippen molar-refractivity contribution in [2.75, 3.05) is 6.61 Å². The molecule has 6 nitrogen and oxygen atoms in total. The van der Waals surface area contributed by atoms with E-state index in [0.717, 1.165) is 22.3 Å². The van der Waals surface area contributed by atoms with Gasteiger partial charge in [0.1, 0.15) is 12.6 Å². The lowest BCUT2D eigenvalue weighted by molar-refractivity contribution is -0.131. The van der Waals surface area contributed by atoms with E-state index in [9.17, 15) is 9.59 Å². The zero-order chi connectivity index (χ0) is 18.5. The third kappa shape index (κ3) is 3.45. The molecule has 3 rings (SSSR count). The van der Waals surface area contributed by atoms with Crippen molar-refractivity contribution in [1.82, 2.24) is 10.8 Å². The molecule has 2 amide bonds. The summed E-state index contributed by atoms with van der Waals surface area (Å²) < 4.78 is 5.37. The minimum atomic E-state index is -0.937. The van der Waals surface area contributed by atoms with Crippen molar-refractivity contribution < 1.29 is 19.5 Å². The standard InChI is InChI=1S/C20H20N2O4/c1-2-7-18(19(23)22-25)21-20(24)26-12-17-15-10-5-3-8-13(15)14-9-4-6-11-16(14)17/h2-6,8-11,17-18,25H,1,7,12H2,(H,21,24)(H,22,23). The number of hydrogen-bond donors (Lipinski definition) is 3. The highest BCUT2D eigenvalue weighted by atomic mass is 16.5. The lowest BCUT2D eigenvalue weighted by Gasteiger charge is -2.17. The molecular formula is C20H20N2O4. The van der Waals surface area contributed by atoms with Crippen LogP contribution in [0.2, 0.25) is 0 Å². The van der Waals surface area contributed by atoms with Crippen LogP contribution in [-0.2, 0) is 9.53 Å². The topological polar surface area (TPSA) is 87.7 Å². The Morgan fingerprint density at radius 2 is 1.69 bits per heavy atom. The van der Waals surface area contributed by atoms with Crippen LogP contribution in [0.3, 0.4) is 0 Å². The molecule has 1 unspecified atom stereocenters. The number of hydroxylamine groups is 1. The zero-order valence-electron chi connectivity index (χ0n) is 14.1. The molecule has 26 heavy (non-hydrogen) atoms. The molecule has 0 radical (unpaired) electrons. The fourth-order valence-corrected chi connectivity index (χ4v) is 3.26. The molecule has 0 saturated heterocycles. The van der Waals surface area contributed by atoms with Crippen LogP contribution in [0.25, 0.3) is 11.1 Å². The first-order valence-electron chi connectivity index (χ1n) is 8.32. The maximum absolute atomic E-state index is 12.1. The molecular weight excluding hydrogens is 332 g/mol. The van der Waals surface area contributed by atoms with E-state index in [1.807, 2.05) is 36.4 Å². The van der Waals surface area contributed by atoms with Crippen LogP contribution in [0.4, 0.5) is 4.79 Å². The van der Waals surface area contributed by atoms with Crippen LogP contribution in [0, 0.1) is 0 Å². The summed E-state index contributed by atoms with van der Waals surface area (Å²) in [5.41, 5.74) is 6.02. The van der Waals surface area contributed by atoms with E-state index in [4.69, 9.17) is 9.94 Å². The minimum absolute atomic E-state index is 0.0577. The van der Waals surface area contributed by atoms with Crippen molar-refractivity contribution >= 4 is 12.0 Å². The lowest BCUT2D eigenvalue weighted by atomic mass is 9.98. The van der Waals surface area contributed by atoms with Gasteiger partial charge >= 0.3 is 6.09 Å². The normalized spacial score (nSPS) is 13.3. The molecule has 2 aromatic carbocycles. The summed E-state index contributed by atoms with van der Waals surface area (Å²) >= 11 is 0. The largest absolute Gasteiger partial charge is 0.449 e. The molecule has 0 heterocycles. The highest BCUT2D eigenvalue weighted by molar-refractivity contribution is 5.85. The van der Waals surface area contributed by atoms with E-state index in [1.165, 1.54) is 11.6 Å². The quantitative estimate of drug-likeness (QED) is 0.424. The third-order valence-corrected chi connectivity index (χ3v) is 4.46. The summed E-state index contributed by atoms with van der Waals surface area (Å²) in [6.45, 7) is 3.68. The van der Waals surface area contributed by atoms with Crippen molar-refractivity contribution in [3.05, 3.63) is 72.3 Å². The summed E-state index contributed by atoms with van der Waals surface area (Å²) in [6.07, 6.45) is 0.933. The van der Waals surface area contributed by atoms with Crippen molar-refractivity contribution in [1.29, 1.82) is 0 Å². The summed E-state index contributed by atoms with van der Waals surface area (Å²) in [4.78, 5) is 23.6. The Hall–Kier alpha value is -3.12. The Labute approximate surface area is 151 Å². The summed E-state index contributed by atoms with van der Waals surface area (Å²) in [7, 11) is 0. The Morgan fingerprint density at radius 1 is 1.12 bits per heavy atom. The maximum atomic E-state index is 12.1. The van der Waals surface area contributed by atoms with Gasteiger partial charge in [0, 0.05) is 5.92 Å². The fraction of sp³-hybridized carbons (Fsp3) is 0.200. The highest BCUT2D eigenvalue weighted by Crippen LogP contribution is 2.44. The molecule has 0 fully saturated rings. The first-order chi connectivity index (χ1) is 12.7. The predicted molar refractivity (Wildman–Crippen MR) is 96.7 cm³/mol. The first kappa shape index (κ1) is 17.7. The van der Waals surface area contributed by atoms with Crippen LogP contribution < -0.4 is 10.8 Å². The number of nitrogens with one attached hydrogen (secondary N) is 2. The van der Waals surface area contributed by atoms with Gasteiger partial charge in [0.15, 0.2) is 0 Å². The van der Waals surface area contributed by atoms with Crippen LogP contribution in [0.1, 0.15) is 23.5 Å². The second kappa shape index (κ2) is 7.84. The van der Waals surface area contributed by atoms with Crippen molar-refractivity contribution in [3.8, 4) is 11.1 Å². The summed E-state index contributed by atoms with van der Waals surface area (Å²) in [5, 5.41) is 11.2. The smallest absolute Gasteiger partial charge is 0.407 e. The number of carbonyl (C=O) groups is 2. The molecule has 134 valence electrons. The number of carbonyl (C=O) groups excluding carboxylic acids is 2. The zero-order valence-corrected chi connectivity index (χ0v) is 14.1. The van der Waals surface area contributed by atoms with Crippen LogP contribution in [0.5, 0.6) is 0 Å². The number of benzene rings is 2. The van der Waals surface area contributed by atoms with E-state index in [2.05, 4.69) is 24.0 Å². The molecule has 3 N–H and O–H groups in total. The Kier molecular flexibility index (Phi) is 5.34. The fourth-order valence-electron chi connectivity index (χ4n) is 3.26. The second-order valence-corrected chi connectivity index (χ2v) is 6.02. The molecule has 2 aromatic rings. The summed E-state index contributed by atoms with van der Waals surface area (Å²) in [6, 6.07) is 15.1. The van der Waals surface area contributed by atoms with E-state index >= 15 is 0 Å². The number of amides is 2. The van der Waals surface area contributed by atoms with Gasteiger partial charge in [-0.25, -0.2) is 10.3 Å². The maximum Gasteiger partial charge on any atom is 0.407 e. The lowest BCUT2D eigenvalue weighted by Crippen LogP contribution is -2.46. The molecule has 0 spiro atoms. The number of alkyl carbamates (subject to hydrolysis) is 1. The number of rotatable bonds is 6. The Bertz CT molecular complexity index is 789. The van der Waals surface area contributed by atoms with E-state index < -0.39 is 18.0 Å². The monoisotopic (exact) mass is 352 g/mol. The van der Waals surface area contributed by atoms with Crippen LogP contribution in [0.15, 0.2) is 61.2 Å². The predicted octanol–water partition coefficient (Wildman–Crippen LogP) is 2.98. The number of fused-ring (bicyclic) bond motifs is 3. The second-order valence-electron chi connectivity index (χ2n) is 6.02. The van der Waals surface area contributed by atoms with Gasteiger partial charge in [0.05, 0.1) is 0 Å². The van der Waals surface area contributed by atoms with E-state index in [1.54, 1.807) is 0 Å².